The van der Waals surface area contributed by atoms with Gasteiger partial charge in [-0.05, 0) is 45.6 Å². The first-order valence-corrected chi connectivity index (χ1v) is 7.19. The standard InChI is InChI=1S/C14H28N2/c1-12(10-15-14-8-3-4-9-14)16(2)11-13-6-5-7-13/h12-15H,3-11H2,1-2H3. The number of nitrogens with one attached hydrogen (secondary N) is 1. The second kappa shape index (κ2) is 6.02. The summed E-state index contributed by atoms with van der Waals surface area (Å²) in [5.41, 5.74) is 0. The van der Waals surface area contributed by atoms with Crippen LogP contribution in [0.5, 0.6) is 0 Å². The van der Waals surface area contributed by atoms with Gasteiger partial charge in [0, 0.05) is 25.2 Å². The second-order valence-electron chi connectivity index (χ2n) is 5.98. The van der Waals surface area contributed by atoms with Gasteiger partial charge in [-0.15, -0.1) is 0 Å². The number of hydrogen-bond acceptors (Lipinski definition) is 2. The van der Waals surface area contributed by atoms with Crippen LogP contribution in [-0.4, -0.2) is 37.1 Å². The fourth-order valence-electron chi connectivity index (χ4n) is 2.89. The van der Waals surface area contributed by atoms with E-state index in [1.54, 1.807) is 0 Å². The van der Waals surface area contributed by atoms with Crippen LogP contribution in [0.15, 0.2) is 0 Å². The molecule has 0 aliphatic heterocycles. The molecule has 2 aliphatic carbocycles. The Morgan fingerprint density at radius 3 is 2.38 bits per heavy atom. The predicted molar refractivity (Wildman–Crippen MR) is 69.7 cm³/mol. The molecule has 1 N–H and O–H groups in total. The number of rotatable bonds is 6. The van der Waals surface area contributed by atoms with Crippen molar-refractivity contribution in [2.24, 2.45) is 5.92 Å². The average molecular weight is 224 g/mol. The molecule has 94 valence electrons. The van der Waals surface area contributed by atoms with Gasteiger partial charge >= 0.3 is 0 Å². The van der Waals surface area contributed by atoms with Crippen LogP contribution in [0.1, 0.15) is 51.9 Å². The highest BCUT2D eigenvalue weighted by Crippen LogP contribution is 2.27. The lowest BCUT2D eigenvalue weighted by Crippen LogP contribution is -2.43. The first kappa shape index (κ1) is 12.4. The summed E-state index contributed by atoms with van der Waals surface area (Å²) in [5.74, 6) is 0.999. The van der Waals surface area contributed by atoms with E-state index in [9.17, 15) is 0 Å². The molecule has 0 heterocycles. The molecular weight excluding hydrogens is 196 g/mol. The summed E-state index contributed by atoms with van der Waals surface area (Å²) in [6.07, 6.45) is 10.1. The van der Waals surface area contributed by atoms with E-state index in [1.807, 2.05) is 0 Å². The summed E-state index contributed by atoms with van der Waals surface area (Å²) < 4.78 is 0. The fraction of sp³-hybridized carbons (Fsp3) is 1.00. The summed E-state index contributed by atoms with van der Waals surface area (Å²) in [4.78, 5) is 2.55. The molecule has 0 amide bonds. The highest BCUT2D eigenvalue weighted by molar-refractivity contribution is 4.79. The van der Waals surface area contributed by atoms with E-state index < -0.39 is 0 Å². The van der Waals surface area contributed by atoms with Gasteiger partial charge in [0.2, 0.25) is 0 Å². The number of nitrogens with zero attached hydrogens (tertiary/aromatic N) is 1. The molecule has 2 fully saturated rings. The van der Waals surface area contributed by atoms with Crippen LogP contribution in [0.2, 0.25) is 0 Å². The molecule has 0 aromatic carbocycles. The SMILES string of the molecule is CC(CNC1CCCC1)N(C)CC1CCC1. The molecule has 0 bridgehead atoms. The Balaban J connectivity index is 1.59. The minimum absolute atomic E-state index is 0.696. The van der Waals surface area contributed by atoms with Crippen molar-refractivity contribution in [3.63, 3.8) is 0 Å². The van der Waals surface area contributed by atoms with E-state index >= 15 is 0 Å². The Bertz CT molecular complexity index is 195. The lowest BCUT2D eigenvalue weighted by atomic mass is 9.85. The Kier molecular flexibility index (Phi) is 4.66. The van der Waals surface area contributed by atoms with Crippen LogP contribution in [0.25, 0.3) is 0 Å². The Hall–Kier alpha value is -0.0800. The van der Waals surface area contributed by atoms with Gasteiger partial charge in [-0.3, -0.25) is 0 Å². The highest BCUT2D eigenvalue weighted by atomic mass is 15.1. The molecule has 16 heavy (non-hydrogen) atoms. The third-order valence-corrected chi connectivity index (χ3v) is 4.58. The zero-order valence-electron chi connectivity index (χ0n) is 11.0. The molecule has 2 heteroatoms. The summed E-state index contributed by atoms with van der Waals surface area (Å²) in [6.45, 7) is 4.85. The average Bonchev–Trinajstić information content (AvgIpc) is 2.72. The van der Waals surface area contributed by atoms with E-state index in [0.717, 1.165) is 12.0 Å². The first-order valence-electron chi connectivity index (χ1n) is 7.19. The van der Waals surface area contributed by atoms with E-state index in [2.05, 4.69) is 24.2 Å². The minimum atomic E-state index is 0.696. The maximum atomic E-state index is 3.73. The fourth-order valence-corrected chi connectivity index (χ4v) is 2.89. The van der Waals surface area contributed by atoms with Crippen molar-refractivity contribution < 1.29 is 0 Å². The Morgan fingerprint density at radius 1 is 1.12 bits per heavy atom. The molecule has 0 radical (unpaired) electrons. The van der Waals surface area contributed by atoms with Crippen molar-refractivity contribution in [3.8, 4) is 0 Å². The monoisotopic (exact) mass is 224 g/mol. The van der Waals surface area contributed by atoms with Crippen molar-refractivity contribution >= 4 is 0 Å². The maximum absolute atomic E-state index is 3.73. The molecule has 0 aromatic rings. The largest absolute Gasteiger partial charge is 0.312 e. The van der Waals surface area contributed by atoms with Crippen molar-refractivity contribution in [2.75, 3.05) is 20.1 Å². The van der Waals surface area contributed by atoms with E-state index in [1.165, 1.54) is 58.0 Å². The van der Waals surface area contributed by atoms with Crippen LogP contribution in [0.4, 0.5) is 0 Å². The summed E-state index contributed by atoms with van der Waals surface area (Å²) in [6, 6.07) is 1.51. The van der Waals surface area contributed by atoms with Gasteiger partial charge in [0.15, 0.2) is 0 Å². The molecular formula is C14H28N2. The number of likely N-dealkylation sites (N-methyl/N-ethyl adjacent to an activating group) is 1. The van der Waals surface area contributed by atoms with Crippen LogP contribution in [0.3, 0.4) is 0 Å². The molecule has 1 atom stereocenters. The highest BCUT2D eigenvalue weighted by Gasteiger charge is 2.22. The lowest BCUT2D eigenvalue weighted by Gasteiger charge is -2.34. The number of hydrogen-bond donors (Lipinski definition) is 1. The van der Waals surface area contributed by atoms with Crippen LogP contribution in [0, 0.1) is 5.92 Å². The lowest BCUT2D eigenvalue weighted by molar-refractivity contribution is 0.165. The molecule has 1 unspecified atom stereocenters. The smallest absolute Gasteiger partial charge is 0.0189 e. The van der Waals surface area contributed by atoms with Gasteiger partial charge in [-0.25, -0.2) is 0 Å². The maximum Gasteiger partial charge on any atom is 0.0189 e. The van der Waals surface area contributed by atoms with Crippen LogP contribution < -0.4 is 5.32 Å². The Labute approximate surface area is 101 Å². The van der Waals surface area contributed by atoms with E-state index in [4.69, 9.17) is 0 Å². The Morgan fingerprint density at radius 2 is 1.81 bits per heavy atom. The molecule has 2 nitrogen and oxygen atoms in total. The quantitative estimate of drug-likeness (QED) is 0.746. The minimum Gasteiger partial charge on any atom is -0.312 e. The van der Waals surface area contributed by atoms with Crippen LogP contribution in [-0.2, 0) is 0 Å². The normalized spacial score (nSPS) is 24.9. The molecule has 0 spiro atoms. The summed E-state index contributed by atoms with van der Waals surface area (Å²) >= 11 is 0. The van der Waals surface area contributed by atoms with Gasteiger partial charge in [-0.1, -0.05) is 19.3 Å². The topological polar surface area (TPSA) is 15.3 Å². The van der Waals surface area contributed by atoms with Crippen molar-refractivity contribution in [2.45, 2.75) is 64.0 Å². The van der Waals surface area contributed by atoms with Crippen molar-refractivity contribution in [1.82, 2.24) is 10.2 Å². The van der Waals surface area contributed by atoms with E-state index in [0.29, 0.717) is 6.04 Å². The predicted octanol–water partition coefficient (Wildman–Crippen LogP) is 2.64. The van der Waals surface area contributed by atoms with Gasteiger partial charge in [-0.2, -0.15) is 0 Å². The zero-order valence-corrected chi connectivity index (χ0v) is 11.0. The molecule has 0 saturated heterocycles. The van der Waals surface area contributed by atoms with Gasteiger partial charge in [0.05, 0.1) is 0 Å². The zero-order chi connectivity index (χ0) is 11.4. The molecule has 2 aliphatic rings. The van der Waals surface area contributed by atoms with Crippen molar-refractivity contribution in [1.29, 1.82) is 0 Å². The van der Waals surface area contributed by atoms with Gasteiger partial charge in [0.1, 0.15) is 0 Å². The van der Waals surface area contributed by atoms with Gasteiger partial charge in [0.25, 0.3) is 0 Å². The van der Waals surface area contributed by atoms with Crippen molar-refractivity contribution in [3.05, 3.63) is 0 Å². The molecule has 2 rings (SSSR count). The van der Waals surface area contributed by atoms with Crippen LogP contribution >= 0.6 is 0 Å². The van der Waals surface area contributed by atoms with E-state index in [-0.39, 0.29) is 0 Å². The second-order valence-corrected chi connectivity index (χ2v) is 5.98. The first-order chi connectivity index (χ1) is 7.75. The third-order valence-electron chi connectivity index (χ3n) is 4.58. The summed E-state index contributed by atoms with van der Waals surface area (Å²) in [5, 5.41) is 3.73. The van der Waals surface area contributed by atoms with Gasteiger partial charge < -0.3 is 10.2 Å². The molecule has 2 saturated carbocycles. The summed E-state index contributed by atoms with van der Waals surface area (Å²) in [7, 11) is 2.29. The molecule has 0 aromatic heterocycles. The third kappa shape index (κ3) is 3.46.